The van der Waals surface area contributed by atoms with Crippen LogP contribution >= 0.6 is 0 Å². The third-order valence-electron chi connectivity index (χ3n) is 1.95. The maximum atomic E-state index is 3.89. The van der Waals surface area contributed by atoms with Crippen LogP contribution in [0.4, 0.5) is 0 Å². The van der Waals surface area contributed by atoms with Gasteiger partial charge in [-0.2, -0.15) is 0 Å². The summed E-state index contributed by atoms with van der Waals surface area (Å²) in [5.41, 5.74) is 3.77. The first-order chi connectivity index (χ1) is 6.24. The Kier molecular flexibility index (Phi) is 3.51. The number of hydrogen-bond acceptors (Lipinski definition) is 0. The molecule has 0 fully saturated rings. The van der Waals surface area contributed by atoms with Crippen LogP contribution in [0.3, 0.4) is 0 Å². The first-order valence-corrected chi connectivity index (χ1v) is 4.65. The lowest BCUT2D eigenvalue weighted by atomic mass is 10.0. The van der Waals surface area contributed by atoms with Crippen molar-refractivity contribution in [3.05, 3.63) is 54.1 Å². The zero-order valence-corrected chi connectivity index (χ0v) is 8.38. The van der Waals surface area contributed by atoms with Crippen LogP contribution in [0.2, 0.25) is 0 Å². The minimum absolute atomic E-state index is 1.05. The normalized spacial score (nSPS) is 11.4. The van der Waals surface area contributed by atoms with Crippen LogP contribution in [0, 0.1) is 0 Å². The molecule has 0 heteroatoms. The van der Waals surface area contributed by atoms with E-state index in [1.807, 2.05) is 13.0 Å². The molecule has 0 atom stereocenters. The Labute approximate surface area is 80.6 Å². The predicted molar refractivity (Wildman–Crippen MR) is 59.5 cm³/mol. The maximum Gasteiger partial charge on any atom is -0.0225 e. The predicted octanol–water partition coefficient (Wildman–Crippen LogP) is 4.06. The molecule has 0 spiro atoms. The monoisotopic (exact) mass is 172 g/mol. The zero-order valence-electron chi connectivity index (χ0n) is 8.38. The molecule has 13 heavy (non-hydrogen) atoms. The fourth-order valence-corrected chi connectivity index (χ4v) is 1.34. The van der Waals surface area contributed by atoms with E-state index in [0.717, 1.165) is 12.0 Å². The van der Waals surface area contributed by atoms with Crippen molar-refractivity contribution in [1.82, 2.24) is 0 Å². The molecule has 0 saturated carbocycles. The second kappa shape index (κ2) is 4.66. The van der Waals surface area contributed by atoms with Gasteiger partial charge in [-0.1, -0.05) is 55.5 Å². The molecule has 0 aromatic heterocycles. The van der Waals surface area contributed by atoms with Crippen LogP contribution in [-0.2, 0) is 0 Å². The SMILES string of the molecule is C=C(C)C=C(CC)c1ccccc1. The molecule has 0 aliphatic heterocycles. The Morgan fingerprint density at radius 1 is 1.31 bits per heavy atom. The lowest BCUT2D eigenvalue weighted by Gasteiger charge is -2.04. The van der Waals surface area contributed by atoms with Gasteiger partial charge in [0.2, 0.25) is 0 Å². The van der Waals surface area contributed by atoms with E-state index in [9.17, 15) is 0 Å². The number of rotatable bonds is 3. The van der Waals surface area contributed by atoms with E-state index in [0.29, 0.717) is 0 Å². The number of benzene rings is 1. The molecule has 1 rings (SSSR count). The van der Waals surface area contributed by atoms with E-state index in [-0.39, 0.29) is 0 Å². The molecule has 0 unspecified atom stereocenters. The lowest BCUT2D eigenvalue weighted by molar-refractivity contribution is 1.23. The Morgan fingerprint density at radius 3 is 2.38 bits per heavy atom. The second-order valence-corrected chi connectivity index (χ2v) is 3.24. The van der Waals surface area contributed by atoms with Gasteiger partial charge in [-0.25, -0.2) is 0 Å². The third-order valence-corrected chi connectivity index (χ3v) is 1.95. The highest BCUT2D eigenvalue weighted by molar-refractivity contribution is 5.67. The van der Waals surface area contributed by atoms with Crippen molar-refractivity contribution in [3.63, 3.8) is 0 Å². The molecular formula is C13H16. The molecule has 0 heterocycles. The highest BCUT2D eigenvalue weighted by atomic mass is 14.0. The molecule has 0 aliphatic rings. The van der Waals surface area contributed by atoms with Crippen LogP contribution in [0.5, 0.6) is 0 Å². The fourth-order valence-electron chi connectivity index (χ4n) is 1.34. The molecule has 0 aliphatic carbocycles. The van der Waals surface area contributed by atoms with Gasteiger partial charge in [0.1, 0.15) is 0 Å². The smallest absolute Gasteiger partial charge is 0.0225 e. The third kappa shape index (κ3) is 2.90. The van der Waals surface area contributed by atoms with Gasteiger partial charge >= 0.3 is 0 Å². The van der Waals surface area contributed by atoms with E-state index < -0.39 is 0 Å². The fraction of sp³-hybridized carbons (Fsp3) is 0.231. The van der Waals surface area contributed by atoms with E-state index in [1.165, 1.54) is 11.1 Å². The van der Waals surface area contributed by atoms with Crippen LogP contribution in [0.25, 0.3) is 5.57 Å². The second-order valence-electron chi connectivity index (χ2n) is 3.24. The average molecular weight is 172 g/mol. The maximum absolute atomic E-state index is 3.89. The molecule has 0 radical (unpaired) electrons. The van der Waals surface area contributed by atoms with Crippen LogP contribution < -0.4 is 0 Å². The Hall–Kier alpha value is -1.30. The van der Waals surface area contributed by atoms with Crippen molar-refractivity contribution in [3.8, 4) is 0 Å². The van der Waals surface area contributed by atoms with Gasteiger partial charge in [-0.3, -0.25) is 0 Å². The molecule has 0 bridgehead atoms. The summed E-state index contributed by atoms with van der Waals surface area (Å²) < 4.78 is 0. The molecule has 0 saturated heterocycles. The van der Waals surface area contributed by atoms with Gasteiger partial charge in [0.15, 0.2) is 0 Å². The van der Waals surface area contributed by atoms with Crippen molar-refractivity contribution in [2.24, 2.45) is 0 Å². The summed E-state index contributed by atoms with van der Waals surface area (Å²) in [6.45, 7) is 8.09. The molecular weight excluding hydrogens is 156 g/mol. The van der Waals surface area contributed by atoms with E-state index in [1.54, 1.807) is 0 Å². The Bertz CT molecular complexity index is 304. The van der Waals surface area contributed by atoms with Gasteiger partial charge < -0.3 is 0 Å². The summed E-state index contributed by atoms with van der Waals surface area (Å²) in [5, 5.41) is 0. The quantitative estimate of drug-likeness (QED) is 0.603. The standard InChI is InChI=1S/C13H16/c1-4-12(10-11(2)3)13-8-6-5-7-9-13/h5-10H,2,4H2,1,3H3. The highest BCUT2D eigenvalue weighted by Gasteiger charge is 1.96. The van der Waals surface area contributed by atoms with E-state index >= 15 is 0 Å². The summed E-state index contributed by atoms with van der Waals surface area (Å²) in [5.74, 6) is 0. The topological polar surface area (TPSA) is 0 Å². The average Bonchev–Trinajstić information content (AvgIpc) is 2.15. The van der Waals surface area contributed by atoms with Crippen LogP contribution in [0.15, 0.2) is 48.6 Å². The summed E-state index contributed by atoms with van der Waals surface area (Å²) in [7, 11) is 0. The number of hydrogen-bond donors (Lipinski definition) is 0. The summed E-state index contributed by atoms with van der Waals surface area (Å²) in [6.07, 6.45) is 3.20. The van der Waals surface area contributed by atoms with Gasteiger partial charge in [0.05, 0.1) is 0 Å². The summed E-state index contributed by atoms with van der Waals surface area (Å²) >= 11 is 0. The molecule has 0 N–H and O–H groups in total. The first kappa shape index (κ1) is 9.79. The van der Waals surface area contributed by atoms with Crippen molar-refractivity contribution >= 4 is 5.57 Å². The van der Waals surface area contributed by atoms with E-state index in [4.69, 9.17) is 0 Å². The lowest BCUT2D eigenvalue weighted by Crippen LogP contribution is -1.82. The molecule has 1 aromatic carbocycles. The van der Waals surface area contributed by atoms with Gasteiger partial charge in [0, 0.05) is 0 Å². The van der Waals surface area contributed by atoms with Gasteiger partial charge in [-0.05, 0) is 24.5 Å². The molecule has 68 valence electrons. The zero-order chi connectivity index (χ0) is 9.68. The van der Waals surface area contributed by atoms with Crippen LogP contribution in [-0.4, -0.2) is 0 Å². The van der Waals surface area contributed by atoms with E-state index in [2.05, 4.69) is 43.8 Å². The highest BCUT2D eigenvalue weighted by Crippen LogP contribution is 2.18. The Balaban J connectivity index is 2.98. The van der Waals surface area contributed by atoms with Crippen LogP contribution in [0.1, 0.15) is 25.8 Å². The van der Waals surface area contributed by atoms with Gasteiger partial charge in [0.25, 0.3) is 0 Å². The minimum Gasteiger partial charge on any atom is -0.0961 e. The molecule has 1 aromatic rings. The number of allylic oxidation sites excluding steroid dienone is 3. The van der Waals surface area contributed by atoms with Crippen molar-refractivity contribution in [2.75, 3.05) is 0 Å². The van der Waals surface area contributed by atoms with Crippen molar-refractivity contribution in [1.29, 1.82) is 0 Å². The van der Waals surface area contributed by atoms with Crippen molar-refractivity contribution < 1.29 is 0 Å². The largest absolute Gasteiger partial charge is 0.0961 e. The Morgan fingerprint density at radius 2 is 1.92 bits per heavy atom. The summed E-state index contributed by atoms with van der Waals surface area (Å²) in [6, 6.07) is 10.4. The first-order valence-electron chi connectivity index (χ1n) is 4.65. The summed E-state index contributed by atoms with van der Waals surface area (Å²) in [4.78, 5) is 0. The van der Waals surface area contributed by atoms with Crippen molar-refractivity contribution in [2.45, 2.75) is 20.3 Å². The molecule has 0 amide bonds. The van der Waals surface area contributed by atoms with Gasteiger partial charge in [-0.15, -0.1) is 0 Å². The minimum atomic E-state index is 1.05. The molecule has 0 nitrogen and oxygen atoms in total.